The van der Waals surface area contributed by atoms with Gasteiger partial charge in [0.2, 0.25) is 19.9 Å². The molecule has 138 valence electrons. The summed E-state index contributed by atoms with van der Waals surface area (Å²) in [7, 11) is -7.85. The van der Waals surface area contributed by atoms with Crippen molar-refractivity contribution in [2.45, 2.75) is 33.7 Å². The van der Waals surface area contributed by atoms with E-state index in [1.165, 1.54) is 30.3 Å². The summed E-state index contributed by atoms with van der Waals surface area (Å²) in [5.74, 6) is 0.406. The minimum absolute atomic E-state index is 0.00777. The number of aromatic hydroxyl groups is 1. The zero-order chi connectivity index (χ0) is 18.8. The van der Waals surface area contributed by atoms with Crippen LogP contribution in [0.15, 0.2) is 43.6 Å². The molecule has 4 N–H and O–H groups in total. The van der Waals surface area contributed by atoms with E-state index in [9.17, 15) is 21.9 Å². The van der Waals surface area contributed by atoms with Gasteiger partial charge in [0.25, 0.3) is 0 Å². The van der Waals surface area contributed by atoms with E-state index in [1.54, 1.807) is 0 Å². The highest BCUT2D eigenvalue weighted by molar-refractivity contribution is 7.95. The first-order valence-corrected chi connectivity index (χ1v) is 11.3. The molecule has 25 heavy (non-hydrogen) atoms. The van der Waals surface area contributed by atoms with E-state index < -0.39 is 19.9 Å². The lowest BCUT2D eigenvalue weighted by Crippen LogP contribution is -2.19. The van der Waals surface area contributed by atoms with Gasteiger partial charge >= 0.3 is 0 Å². The fraction of sp³-hybridized carbons (Fsp3) is 0.333. The number of hydrogen-bond donors (Lipinski definition) is 3. The molecule has 0 spiro atoms. The number of nitrogens with two attached hydrogens (primary N) is 1. The molecule has 2 rings (SSSR count). The first-order valence-electron chi connectivity index (χ1n) is 7.42. The van der Waals surface area contributed by atoms with Crippen molar-refractivity contribution in [1.29, 1.82) is 0 Å². The topological polar surface area (TPSA) is 127 Å². The number of primary sulfonamides is 1. The number of benzene rings is 1. The first-order chi connectivity index (χ1) is 11.5. The van der Waals surface area contributed by atoms with Crippen LogP contribution in [-0.2, 0) is 26.4 Å². The highest BCUT2D eigenvalue weighted by Crippen LogP contribution is 2.31. The third-order valence-corrected chi connectivity index (χ3v) is 8.10. The van der Waals surface area contributed by atoms with E-state index in [0.29, 0.717) is 29.4 Å². The van der Waals surface area contributed by atoms with E-state index in [-0.39, 0.29) is 19.1 Å². The standard InChI is InChI=1S/C15H20N2O5S3/c1-10(2)8-17-9-11-7-12(3-4-13(11)18)24(19,20)14-5-6-15(23-14)25(16,21)22/h3-7,10,17-18H,8-9H2,1-2H3,(H2,16,21,22). The van der Waals surface area contributed by atoms with Crippen molar-refractivity contribution in [3.63, 3.8) is 0 Å². The summed E-state index contributed by atoms with van der Waals surface area (Å²) < 4.78 is 47.7. The smallest absolute Gasteiger partial charge is 0.247 e. The Morgan fingerprint density at radius 1 is 1.12 bits per heavy atom. The number of sulfonamides is 1. The van der Waals surface area contributed by atoms with Gasteiger partial charge in [-0.05, 0) is 42.8 Å². The third-order valence-electron chi connectivity index (χ3n) is 3.33. The second kappa shape index (κ2) is 7.42. The van der Waals surface area contributed by atoms with Gasteiger partial charge in [0.05, 0.1) is 4.90 Å². The van der Waals surface area contributed by atoms with Gasteiger partial charge < -0.3 is 10.4 Å². The molecule has 10 heteroatoms. The molecule has 0 aliphatic heterocycles. The van der Waals surface area contributed by atoms with Crippen LogP contribution in [0.5, 0.6) is 5.75 Å². The normalized spacial score (nSPS) is 12.6. The molecule has 1 aromatic carbocycles. The molecule has 0 fully saturated rings. The Balaban J connectivity index is 2.35. The highest BCUT2D eigenvalue weighted by atomic mass is 32.3. The number of rotatable bonds is 7. The van der Waals surface area contributed by atoms with Gasteiger partial charge in [-0.15, -0.1) is 11.3 Å². The maximum Gasteiger partial charge on any atom is 0.247 e. The summed E-state index contributed by atoms with van der Waals surface area (Å²) in [6.45, 7) is 5.11. The largest absolute Gasteiger partial charge is 0.508 e. The van der Waals surface area contributed by atoms with Gasteiger partial charge in [-0.3, -0.25) is 0 Å². The SMILES string of the molecule is CC(C)CNCc1cc(S(=O)(=O)c2ccc(S(N)(=O)=O)s2)ccc1O. The van der Waals surface area contributed by atoms with Gasteiger partial charge in [0, 0.05) is 12.1 Å². The zero-order valence-corrected chi connectivity index (χ0v) is 16.2. The average molecular weight is 405 g/mol. The van der Waals surface area contributed by atoms with E-state index in [0.717, 1.165) is 6.54 Å². The van der Waals surface area contributed by atoms with Crippen molar-refractivity contribution in [3.05, 3.63) is 35.9 Å². The van der Waals surface area contributed by atoms with E-state index in [1.807, 2.05) is 13.8 Å². The van der Waals surface area contributed by atoms with Crippen LogP contribution in [0.3, 0.4) is 0 Å². The lowest BCUT2D eigenvalue weighted by atomic mass is 10.2. The summed E-state index contributed by atoms with van der Waals surface area (Å²) in [6, 6.07) is 6.36. The maximum absolute atomic E-state index is 12.7. The zero-order valence-electron chi connectivity index (χ0n) is 13.8. The molecule has 0 unspecified atom stereocenters. The average Bonchev–Trinajstić information content (AvgIpc) is 2.99. The Kier molecular flexibility index (Phi) is 5.89. The van der Waals surface area contributed by atoms with Crippen LogP contribution in [0.1, 0.15) is 19.4 Å². The Morgan fingerprint density at radius 2 is 1.76 bits per heavy atom. The molecule has 0 atom stereocenters. The molecule has 1 aromatic heterocycles. The first kappa shape index (κ1) is 19.9. The number of nitrogens with one attached hydrogen (secondary N) is 1. The van der Waals surface area contributed by atoms with Crippen molar-refractivity contribution in [2.24, 2.45) is 11.1 Å². The van der Waals surface area contributed by atoms with Crippen molar-refractivity contribution in [1.82, 2.24) is 5.32 Å². The summed E-state index contributed by atoms with van der Waals surface area (Å²) in [5, 5.41) is 18.1. The lowest BCUT2D eigenvalue weighted by molar-refractivity contribution is 0.460. The fourth-order valence-electron chi connectivity index (χ4n) is 2.08. The quantitative estimate of drug-likeness (QED) is 0.644. The molecular weight excluding hydrogens is 384 g/mol. The summed E-state index contributed by atoms with van der Waals surface area (Å²) in [4.78, 5) is -0.0190. The Morgan fingerprint density at radius 3 is 2.32 bits per heavy atom. The van der Waals surface area contributed by atoms with E-state index in [4.69, 9.17) is 5.14 Å². The van der Waals surface area contributed by atoms with Gasteiger partial charge in [-0.2, -0.15) is 0 Å². The van der Waals surface area contributed by atoms with E-state index in [2.05, 4.69) is 5.32 Å². The van der Waals surface area contributed by atoms with Crippen LogP contribution >= 0.6 is 11.3 Å². The molecule has 0 saturated carbocycles. The maximum atomic E-state index is 12.7. The predicted octanol–water partition coefficient (Wildman–Crippen LogP) is 1.68. The predicted molar refractivity (Wildman–Crippen MR) is 95.8 cm³/mol. The molecule has 0 aliphatic carbocycles. The van der Waals surface area contributed by atoms with Gasteiger partial charge in [0.15, 0.2) is 0 Å². The molecule has 0 aliphatic rings. The van der Waals surface area contributed by atoms with Gasteiger partial charge in [-0.1, -0.05) is 13.8 Å². The van der Waals surface area contributed by atoms with Crippen LogP contribution in [-0.4, -0.2) is 28.5 Å². The van der Waals surface area contributed by atoms with Crippen LogP contribution in [0.25, 0.3) is 0 Å². The number of hydrogen-bond acceptors (Lipinski definition) is 7. The summed E-state index contributed by atoms with van der Waals surface area (Å²) in [6.07, 6.45) is 0. The molecule has 0 bridgehead atoms. The highest BCUT2D eigenvalue weighted by Gasteiger charge is 2.23. The molecule has 0 amide bonds. The molecular formula is C15H20N2O5S3. The van der Waals surface area contributed by atoms with Gasteiger partial charge in [-0.25, -0.2) is 22.0 Å². The summed E-state index contributed by atoms with van der Waals surface area (Å²) in [5.41, 5.74) is 0.449. The molecule has 7 nitrogen and oxygen atoms in total. The lowest BCUT2D eigenvalue weighted by Gasteiger charge is -2.10. The summed E-state index contributed by atoms with van der Waals surface area (Å²) >= 11 is 0.594. The molecule has 0 radical (unpaired) electrons. The van der Waals surface area contributed by atoms with Crippen molar-refractivity contribution in [3.8, 4) is 5.75 Å². The molecule has 1 heterocycles. The Bertz CT molecular complexity index is 963. The van der Waals surface area contributed by atoms with Crippen LogP contribution in [0.4, 0.5) is 0 Å². The molecule has 2 aromatic rings. The monoisotopic (exact) mass is 404 g/mol. The van der Waals surface area contributed by atoms with Crippen LogP contribution in [0, 0.1) is 5.92 Å². The van der Waals surface area contributed by atoms with Crippen LogP contribution < -0.4 is 10.5 Å². The Labute approximate surface area is 151 Å². The minimum atomic E-state index is -3.96. The third kappa shape index (κ3) is 4.79. The van der Waals surface area contributed by atoms with E-state index >= 15 is 0 Å². The number of sulfone groups is 1. The minimum Gasteiger partial charge on any atom is -0.508 e. The Hall–Kier alpha value is -1.46. The van der Waals surface area contributed by atoms with Crippen molar-refractivity contribution < 1.29 is 21.9 Å². The number of phenolic OH excluding ortho intramolecular Hbond substituents is 1. The second-order valence-corrected chi connectivity index (χ2v) is 11.0. The van der Waals surface area contributed by atoms with Gasteiger partial charge in [0.1, 0.15) is 14.2 Å². The van der Waals surface area contributed by atoms with Crippen molar-refractivity contribution in [2.75, 3.05) is 6.54 Å². The second-order valence-electron chi connectivity index (χ2n) is 5.94. The number of thiophene rings is 1. The fourth-order valence-corrected chi connectivity index (χ4v) is 5.72. The van der Waals surface area contributed by atoms with Crippen LogP contribution in [0.2, 0.25) is 0 Å². The van der Waals surface area contributed by atoms with Crippen molar-refractivity contribution >= 4 is 31.2 Å². The molecule has 0 saturated heterocycles. The number of phenols is 1.